The fourth-order valence-corrected chi connectivity index (χ4v) is 2.24. The van der Waals surface area contributed by atoms with Crippen molar-refractivity contribution < 1.29 is 9.59 Å². The third kappa shape index (κ3) is 4.19. The normalized spacial score (nSPS) is 11.5. The lowest BCUT2D eigenvalue weighted by Crippen LogP contribution is -2.18. The highest BCUT2D eigenvalue weighted by Gasteiger charge is 2.11. The molecule has 2 N–H and O–H groups in total. The van der Waals surface area contributed by atoms with Crippen LogP contribution in [0.5, 0.6) is 0 Å². The minimum atomic E-state index is -0.143. The molecule has 0 unspecified atom stereocenters. The van der Waals surface area contributed by atoms with Crippen LogP contribution in [0.1, 0.15) is 35.2 Å². The van der Waals surface area contributed by atoms with E-state index >= 15 is 0 Å². The second-order valence-corrected chi connectivity index (χ2v) is 5.22. The Labute approximate surface area is 130 Å². The standard InChI is InChI=1S/C18H20N2O2/c1-13(14-6-4-3-5-7-14)12-17(21)20-16-10-8-15(9-11-16)18(22)19-2/h3-11,13H,12H2,1-2H3,(H,19,22)(H,20,21)/t13-/m1/s1. The first-order chi connectivity index (χ1) is 10.6. The molecule has 4 nitrogen and oxygen atoms in total. The zero-order valence-corrected chi connectivity index (χ0v) is 12.8. The lowest BCUT2D eigenvalue weighted by molar-refractivity contribution is -0.116. The van der Waals surface area contributed by atoms with E-state index in [4.69, 9.17) is 0 Å². The molecule has 0 aliphatic heterocycles. The largest absolute Gasteiger partial charge is 0.355 e. The summed E-state index contributed by atoms with van der Waals surface area (Å²) in [5.74, 6) is -0.0223. The topological polar surface area (TPSA) is 58.2 Å². The van der Waals surface area contributed by atoms with Crippen LogP contribution in [0.25, 0.3) is 0 Å². The zero-order chi connectivity index (χ0) is 15.9. The van der Waals surface area contributed by atoms with Crippen LogP contribution in [0.3, 0.4) is 0 Å². The first-order valence-corrected chi connectivity index (χ1v) is 7.27. The quantitative estimate of drug-likeness (QED) is 0.890. The third-order valence-electron chi connectivity index (χ3n) is 3.52. The Morgan fingerprint density at radius 1 is 1.00 bits per heavy atom. The van der Waals surface area contributed by atoms with E-state index in [1.54, 1.807) is 31.3 Å². The van der Waals surface area contributed by atoms with Gasteiger partial charge in [0.25, 0.3) is 5.91 Å². The maximum atomic E-state index is 12.1. The van der Waals surface area contributed by atoms with E-state index in [0.717, 1.165) is 5.56 Å². The van der Waals surface area contributed by atoms with Gasteiger partial charge in [0.15, 0.2) is 0 Å². The molecule has 2 amide bonds. The fraction of sp³-hybridized carbons (Fsp3) is 0.222. The fourth-order valence-electron chi connectivity index (χ4n) is 2.24. The molecule has 0 spiro atoms. The highest BCUT2D eigenvalue weighted by Crippen LogP contribution is 2.19. The maximum Gasteiger partial charge on any atom is 0.251 e. The first-order valence-electron chi connectivity index (χ1n) is 7.27. The van der Waals surface area contributed by atoms with Gasteiger partial charge in [-0.15, -0.1) is 0 Å². The van der Waals surface area contributed by atoms with Crippen LogP contribution in [0.15, 0.2) is 54.6 Å². The average Bonchev–Trinajstić information content (AvgIpc) is 2.55. The van der Waals surface area contributed by atoms with Crippen molar-refractivity contribution in [2.24, 2.45) is 0 Å². The van der Waals surface area contributed by atoms with Gasteiger partial charge in [0.2, 0.25) is 5.91 Å². The average molecular weight is 296 g/mol. The number of anilines is 1. The third-order valence-corrected chi connectivity index (χ3v) is 3.52. The van der Waals surface area contributed by atoms with Gasteiger partial charge >= 0.3 is 0 Å². The molecular formula is C18H20N2O2. The Hall–Kier alpha value is -2.62. The molecule has 2 rings (SSSR count). The van der Waals surface area contributed by atoms with Crippen molar-refractivity contribution in [3.8, 4) is 0 Å². The smallest absolute Gasteiger partial charge is 0.251 e. The van der Waals surface area contributed by atoms with Gasteiger partial charge in [-0.1, -0.05) is 37.3 Å². The van der Waals surface area contributed by atoms with Crippen LogP contribution in [-0.4, -0.2) is 18.9 Å². The summed E-state index contributed by atoms with van der Waals surface area (Å²) in [5.41, 5.74) is 2.41. The molecule has 1 atom stereocenters. The van der Waals surface area contributed by atoms with E-state index in [1.165, 1.54) is 0 Å². The summed E-state index contributed by atoms with van der Waals surface area (Å²) in [6.45, 7) is 2.03. The molecule has 0 aliphatic carbocycles. The predicted octanol–water partition coefficient (Wildman–Crippen LogP) is 3.18. The second kappa shape index (κ2) is 7.41. The monoisotopic (exact) mass is 296 g/mol. The van der Waals surface area contributed by atoms with Gasteiger partial charge in [-0.25, -0.2) is 0 Å². The number of benzene rings is 2. The molecular weight excluding hydrogens is 276 g/mol. The number of rotatable bonds is 5. The first kappa shape index (κ1) is 15.8. The Bertz CT molecular complexity index is 636. The van der Waals surface area contributed by atoms with E-state index in [2.05, 4.69) is 10.6 Å². The van der Waals surface area contributed by atoms with Crippen LogP contribution < -0.4 is 10.6 Å². The minimum Gasteiger partial charge on any atom is -0.355 e. The summed E-state index contributed by atoms with van der Waals surface area (Å²) in [6, 6.07) is 16.8. The summed E-state index contributed by atoms with van der Waals surface area (Å²) in [5, 5.41) is 5.42. The zero-order valence-electron chi connectivity index (χ0n) is 12.8. The molecule has 0 saturated carbocycles. The molecule has 2 aromatic rings. The number of hydrogen-bond acceptors (Lipinski definition) is 2. The Morgan fingerprint density at radius 3 is 2.23 bits per heavy atom. The Balaban J connectivity index is 1.93. The van der Waals surface area contributed by atoms with Crippen LogP contribution in [-0.2, 0) is 4.79 Å². The Morgan fingerprint density at radius 2 is 1.64 bits per heavy atom. The molecule has 0 radical (unpaired) electrons. The van der Waals surface area contributed by atoms with Crippen molar-refractivity contribution in [2.45, 2.75) is 19.3 Å². The van der Waals surface area contributed by atoms with Gasteiger partial charge in [0, 0.05) is 24.7 Å². The molecule has 22 heavy (non-hydrogen) atoms. The molecule has 0 saturated heterocycles. The number of amides is 2. The van der Waals surface area contributed by atoms with Crippen molar-refractivity contribution in [1.29, 1.82) is 0 Å². The van der Waals surface area contributed by atoms with E-state index in [0.29, 0.717) is 17.7 Å². The van der Waals surface area contributed by atoms with E-state index in [-0.39, 0.29) is 17.7 Å². The molecule has 4 heteroatoms. The molecule has 0 aromatic heterocycles. The van der Waals surface area contributed by atoms with Gasteiger partial charge in [-0.2, -0.15) is 0 Å². The van der Waals surface area contributed by atoms with Gasteiger partial charge in [0.1, 0.15) is 0 Å². The number of hydrogen-bond donors (Lipinski definition) is 2. The molecule has 0 bridgehead atoms. The SMILES string of the molecule is CNC(=O)c1ccc(NC(=O)C[C@@H](C)c2ccccc2)cc1. The number of carbonyl (C=O) groups excluding carboxylic acids is 2. The van der Waals surface area contributed by atoms with E-state index in [9.17, 15) is 9.59 Å². The molecule has 0 fully saturated rings. The number of nitrogens with one attached hydrogen (secondary N) is 2. The van der Waals surface area contributed by atoms with E-state index < -0.39 is 0 Å². The molecule has 2 aromatic carbocycles. The van der Waals surface area contributed by atoms with Crippen molar-refractivity contribution in [2.75, 3.05) is 12.4 Å². The minimum absolute atomic E-state index is 0.0379. The summed E-state index contributed by atoms with van der Waals surface area (Å²) in [6.07, 6.45) is 0.418. The highest BCUT2D eigenvalue weighted by atomic mass is 16.2. The highest BCUT2D eigenvalue weighted by molar-refractivity contribution is 5.95. The summed E-state index contributed by atoms with van der Waals surface area (Å²) >= 11 is 0. The molecule has 114 valence electrons. The molecule has 0 aliphatic rings. The second-order valence-electron chi connectivity index (χ2n) is 5.22. The maximum absolute atomic E-state index is 12.1. The van der Waals surface area contributed by atoms with E-state index in [1.807, 2.05) is 37.3 Å². The van der Waals surface area contributed by atoms with Gasteiger partial charge in [0.05, 0.1) is 0 Å². The van der Waals surface area contributed by atoms with Gasteiger partial charge < -0.3 is 10.6 Å². The van der Waals surface area contributed by atoms with Crippen molar-refractivity contribution in [1.82, 2.24) is 5.32 Å². The lowest BCUT2D eigenvalue weighted by Gasteiger charge is -2.12. The Kier molecular flexibility index (Phi) is 5.31. The van der Waals surface area contributed by atoms with Crippen molar-refractivity contribution in [3.63, 3.8) is 0 Å². The van der Waals surface area contributed by atoms with Crippen LogP contribution in [0.2, 0.25) is 0 Å². The van der Waals surface area contributed by atoms with Crippen LogP contribution in [0.4, 0.5) is 5.69 Å². The summed E-state index contributed by atoms with van der Waals surface area (Å²) < 4.78 is 0. The van der Waals surface area contributed by atoms with Crippen LogP contribution >= 0.6 is 0 Å². The van der Waals surface area contributed by atoms with Gasteiger partial charge in [-0.05, 0) is 35.7 Å². The molecule has 0 heterocycles. The van der Waals surface area contributed by atoms with Gasteiger partial charge in [-0.3, -0.25) is 9.59 Å². The lowest BCUT2D eigenvalue weighted by atomic mass is 9.97. The number of carbonyl (C=O) groups is 2. The van der Waals surface area contributed by atoms with Crippen molar-refractivity contribution >= 4 is 17.5 Å². The summed E-state index contributed by atoms with van der Waals surface area (Å²) in [7, 11) is 1.59. The van der Waals surface area contributed by atoms with Crippen molar-refractivity contribution in [3.05, 3.63) is 65.7 Å². The van der Waals surface area contributed by atoms with Crippen LogP contribution in [0, 0.1) is 0 Å². The predicted molar refractivity (Wildman–Crippen MR) is 87.9 cm³/mol. The summed E-state index contributed by atoms with van der Waals surface area (Å²) in [4.78, 5) is 23.5.